The highest BCUT2D eigenvalue weighted by Gasteiger charge is 2.24. The van der Waals surface area contributed by atoms with Crippen molar-refractivity contribution < 1.29 is 23.4 Å². The Balaban J connectivity index is 2.15. The molecule has 6 heteroatoms. The maximum Gasteiger partial charge on any atom is 0.273 e. The fraction of sp³-hybridized carbons (Fsp3) is 0.0667. The van der Waals surface area contributed by atoms with Gasteiger partial charge in [-0.2, -0.15) is 0 Å². The Kier molecular flexibility index (Phi) is 3.27. The van der Waals surface area contributed by atoms with Gasteiger partial charge in [-0.15, -0.1) is 0 Å². The van der Waals surface area contributed by atoms with Crippen molar-refractivity contribution in [2.75, 3.05) is 7.11 Å². The second kappa shape index (κ2) is 5.24. The molecule has 1 heterocycles. The van der Waals surface area contributed by atoms with E-state index in [1.807, 2.05) is 0 Å². The van der Waals surface area contributed by atoms with Crippen molar-refractivity contribution in [1.82, 2.24) is 5.27 Å². The third-order valence-electron chi connectivity index (χ3n) is 3.06. The molecule has 0 unspecified atom stereocenters. The van der Waals surface area contributed by atoms with E-state index >= 15 is 0 Å². The fourth-order valence-corrected chi connectivity index (χ4v) is 2.03. The first kappa shape index (κ1) is 13.1. The maximum absolute atomic E-state index is 13.9. The van der Waals surface area contributed by atoms with E-state index in [1.54, 1.807) is 43.5 Å². The molecule has 0 spiro atoms. The summed E-state index contributed by atoms with van der Waals surface area (Å²) in [6.07, 6.45) is 0. The molecule has 1 aromatic heterocycles. The third-order valence-corrected chi connectivity index (χ3v) is 3.06. The van der Waals surface area contributed by atoms with E-state index in [2.05, 4.69) is 9.79 Å². The number of rotatable bonds is 3. The minimum atomic E-state index is -0.698. The highest BCUT2D eigenvalue weighted by atomic mass is 19.1. The number of halogens is 1. The van der Waals surface area contributed by atoms with Crippen LogP contribution >= 0.6 is 0 Å². The molecule has 2 aromatic carbocycles. The van der Waals surface area contributed by atoms with Crippen molar-refractivity contribution in [2.45, 2.75) is 0 Å². The van der Waals surface area contributed by atoms with Gasteiger partial charge in [0.1, 0.15) is 11.6 Å². The lowest BCUT2D eigenvalue weighted by Crippen LogP contribution is -2.34. The zero-order chi connectivity index (χ0) is 14.8. The number of ether oxygens (including phenoxy) is 1. The summed E-state index contributed by atoms with van der Waals surface area (Å²) >= 11 is 0. The van der Waals surface area contributed by atoms with Gasteiger partial charge >= 0.3 is 0 Å². The highest BCUT2D eigenvalue weighted by molar-refractivity contribution is 5.60. The molecule has 106 valence electrons. The minimum absolute atomic E-state index is 0.0401. The zero-order valence-corrected chi connectivity index (χ0v) is 11.1. The standard InChI is InChI=1S/C15H11FN2O3/c1-20-11-8-6-10(7-9-11)18-14(15(19)21-17-18)12-4-2-3-5-13(12)16/h2-9H,1H3. The Bertz CT molecular complexity index is 769. The van der Waals surface area contributed by atoms with Crippen molar-refractivity contribution in [3.63, 3.8) is 0 Å². The topological polar surface area (TPSA) is 62.2 Å². The number of hydrogen-bond acceptors (Lipinski definition) is 4. The molecule has 0 amide bonds. The Labute approximate surface area is 119 Å². The van der Waals surface area contributed by atoms with Crippen molar-refractivity contribution in [2.24, 2.45) is 0 Å². The van der Waals surface area contributed by atoms with E-state index in [0.717, 1.165) is 0 Å². The second-order valence-electron chi connectivity index (χ2n) is 4.30. The molecular weight excluding hydrogens is 275 g/mol. The van der Waals surface area contributed by atoms with Crippen LogP contribution in [0.5, 0.6) is 11.7 Å². The molecule has 0 saturated heterocycles. The Morgan fingerprint density at radius 1 is 1.14 bits per heavy atom. The van der Waals surface area contributed by atoms with Crippen LogP contribution in [0.25, 0.3) is 16.9 Å². The summed E-state index contributed by atoms with van der Waals surface area (Å²) in [6, 6.07) is 12.8. The molecular formula is C15H11FN2O3. The molecule has 3 aromatic rings. The monoisotopic (exact) mass is 286 g/mol. The van der Waals surface area contributed by atoms with Crippen LogP contribution in [0.1, 0.15) is 0 Å². The smallest absolute Gasteiger partial charge is 0.273 e. The van der Waals surface area contributed by atoms with Crippen LogP contribution in [0.15, 0.2) is 53.1 Å². The minimum Gasteiger partial charge on any atom is -0.539 e. The highest BCUT2D eigenvalue weighted by Crippen LogP contribution is 2.26. The summed E-state index contributed by atoms with van der Waals surface area (Å²) in [6.45, 7) is 0. The summed E-state index contributed by atoms with van der Waals surface area (Å²) in [5, 5.41) is 15.5. The van der Waals surface area contributed by atoms with Gasteiger partial charge < -0.3 is 14.4 Å². The Hall–Kier alpha value is -2.89. The molecule has 0 radical (unpaired) electrons. The van der Waals surface area contributed by atoms with Crippen LogP contribution in [-0.4, -0.2) is 12.4 Å². The van der Waals surface area contributed by atoms with Crippen molar-refractivity contribution >= 4 is 0 Å². The molecule has 5 nitrogen and oxygen atoms in total. The van der Waals surface area contributed by atoms with Crippen molar-refractivity contribution in [3.05, 3.63) is 54.3 Å². The van der Waals surface area contributed by atoms with Crippen LogP contribution in [0.2, 0.25) is 0 Å². The van der Waals surface area contributed by atoms with Crippen LogP contribution in [0.3, 0.4) is 0 Å². The molecule has 21 heavy (non-hydrogen) atoms. The van der Waals surface area contributed by atoms with Gasteiger partial charge in [-0.1, -0.05) is 12.1 Å². The molecule has 0 aliphatic heterocycles. The molecule has 0 aliphatic carbocycles. The van der Waals surface area contributed by atoms with Crippen LogP contribution < -0.4 is 14.5 Å². The first-order valence-corrected chi connectivity index (χ1v) is 6.19. The van der Waals surface area contributed by atoms with Gasteiger partial charge in [-0.25, -0.2) is 4.39 Å². The van der Waals surface area contributed by atoms with Crippen molar-refractivity contribution in [1.29, 1.82) is 0 Å². The van der Waals surface area contributed by atoms with E-state index < -0.39 is 11.8 Å². The fourth-order valence-electron chi connectivity index (χ4n) is 2.03. The van der Waals surface area contributed by atoms with Crippen LogP contribution in [0.4, 0.5) is 4.39 Å². The first-order valence-electron chi connectivity index (χ1n) is 6.19. The maximum atomic E-state index is 13.9. The third kappa shape index (κ3) is 2.31. The Morgan fingerprint density at radius 2 is 1.86 bits per heavy atom. The summed E-state index contributed by atoms with van der Waals surface area (Å²) in [5.74, 6) is -0.548. The average molecular weight is 286 g/mol. The van der Waals surface area contributed by atoms with Gasteiger partial charge in [-0.05, 0) is 28.9 Å². The van der Waals surface area contributed by atoms with Gasteiger partial charge in [0.15, 0.2) is 5.95 Å². The molecule has 0 bridgehead atoms. The number of nitrogens with zero attached hydrogens (tertiary/aromatic N) is 2. The van der Waals surface area contributed by atoms with Gasteiger partial charge in [0, 0.05) is 12.1 Å². The largest absolute Gasteiger partial charge is 0.539 e. The normalized spacial score (nSPS) is 10.6. The Morgan fingerprint density at radius 3 is 2.52 bits per heavy atom. The van der Waals surface area contributed by atoms with Gasteiger partial charge in [0.2, 0.25) is 5.69 Å². The van der Waals surface area contributed by atoms with Gasteiger partial charge in [-0.3, -0.25) is 0 Å². The van der Waals surface area contributed by atoms with Crippen LogP contribution in [-0.2, 0) is 0 Å². The van der Waals surface area contributed by atoms with E-state index in [-0.39, 0.29) is 11.3 Å². The molecule has 0 N–H and O–H groups in total. The van der Waals surface area contributed by atoms with Gasteiger partial charge in [0.05, 0.1) is 17.9 Å². The van der Waals surface area contributed by atoms with Crippen molar-refractivity contribution in [3.8, 4) is 28.6 Å². The molecule has 0 saturated carbocycles. The predicted octanol–water partition coefficient (Wildman–Crippen LogP) is 1.84. The first-order chi connectivity index (χ1) is 10.2. The number of hydrogen-bond donors (Lipinski definition) is 0. The lowest BCUT2D eigenvalue weighted by atomic mass is 10.1. The second-order valence-corrected chi connectivity index (χ2v) is 4.30. The van der Waals surface area contributed by atoms with Gasteiger partial charge in [0.25, 0.3) is 5.69 Å². The zero-order valence-electron chi connectivity index (χ0n) is 11.1. The molecule has 0 fully saturated rings. The summed E-state index contributed by atoms with van der Waals surface area (Å²) in [7, 11) is 1.55. The lowest BCUT2D eigenvalue weighted by Gasteiger charge is -2.01. The summed E-state index contributed by atoms with van der Waals surface area (Å²) in [4.78, 5) is 0. The summed E-state index contributed by atoms with van der Waals surface area (Å²) < 4.78 is 24.9. The van der Waals surface area contributed by atoms with E-state index in [9.17, 15) is 9.50 Å². The number of aromatic nitrogens is 2. The van der Waals surface area contributed by atoms with E-state index in [0.29, 0.717) is 11.4 Å². The summed E-state index contributed by atoms with van der Waals surface area (Å²) in [5.41, 5.74) is 0.748. The van der Waals surface area contributed by atoms with Crippen LogP contribution in [0, 0.1) is 5.82 Å². The lowest BCUT2D eigenvalue weighted by molar-refractivity contribution is -0.660. The molecule has 0 atom stereocenters. The average Bonchev–Trinajstić information content (AvgIpc) is 2.89. The number of benzene rings is 2. The molecule has 0 aliphatic rings. The van der Waals surface area contributed by atoms with E-state index in [1.165, 1.54) is 16.8 Å². The molecule has 3 rings (SSSR count). The SMILES string of the molecule is COc1ccc(-[n+]2noc([O-])c2-c2ccccc2F)cc1. The predicted molar refractivity (Wildman–Crippen MR) is 69.4 cm³/mol. The quantitative estimate of drug-likeness (QED) is 0.689. The number of methoxy groups -OCH3 is 1. The van der Waals surface area contributed by atoms with E-state index in [4.69, 9.17) is 4.74 Å².